The van der Waals surface area contributed by atoms with Crippen molar-refractivity contribution in [2.75, 3.05) is 13.2 Å². The summed E-state index contributed by atoms with van der Waals surface area (Å²) in [6.07, 6.45) is 3.49. The third kappa shape index (κ3) is 7.82. The molecule has 0 spiro atoms. The fourth-order valence-corrected chi connectivity index (χ4v) is 1.23. The predicted octanol–water partition coefficient (Wildman–Crippen LogP) is 3.55. The quantitative estimate of drug-likeness (QED) is 0.557. The Morgan fingerprint density at radius 3 is 2.21 bits per heavy atom. The van der Waals surface area contributed by atoms with Gasteiger partial charge in [-0.05, 0) is 17.7 Å². The first-order chi connectivity index (χ1) is 9.26. The average Bonchev–Trinajstić information content (AvgIpc) is 2.46. The molecule has 0 saturated heterocycles. The zero-order chi connectivity index (χ0) is 14.5. The molecule has 0 aliphatic rings. The van der Waals surface area contributed by atoms with Gasteiger partial charge >= 0.3 is 5.97 Å². The molecule has 0 radical (unpaired) electrons. The zero-order valence-electron chi connectivity index (χ0n) is 11.7. The van der Waals surface area contributed by atoms with Gasteiger partial charge in [-0.2, -0.15) is 0 Å². The van der Waals surface area contributed by atoms with Crippen molar-refractivity contribution in [1.29, 1.82) is 0 Å². The van der Waals surface area contributed by atoms with Crippen LogP contribution in [0.1, 0.15) is 19.4 Å². The molecule has 1 rings (SSSR count). The number of carbonyl (C=O) groups excluding carboxylic acids is 1. The van der Waals surface area contributed by atoms with Crippen LogP contribution in [0.15, 0.2) is 49.6 Å². The summed E-state index contributed by atoms with van der Waals surface area (Å²) in [7, 11) is 0. The van der Waals surface area contributed by atoms with Gasteiger partial charge in [-0.25, -0.2) is 0 Å². The van der Waals surface area contributed by atoms with Crippen LogP contribution in [0.2, 0.25) is 0 Å². The van der Waals surface area contributed by atoms with Gasteiger partial charge in [0.25, 0.3) is 0 Å². The highest BCUT2D eigenvalue weighted by Gasteiger charge is 2.03. The van der Waals surface area contributed by atoms with E-state index in [1.165, 1.54) is 0 Å². The Bertz CT molecular complexity index is 379. The Hall–Kier alpha value is -2.03. The highest BCUT2D eigenvalue weighted by atomic mass is 16.5. The van der Waals surface area contributed by atoms with Crippen LogP contribution >= 0.6 is 0 Å². The van der Waals surface area contributed by atoms with E-state index in [0.29, 0.717) is 6.61 Å². The van der Waals surface area contributed by atoms with Gasteiger partial charge in [-0.1, -0.05) is 51.3 Å². The van der Waals surface area contributed by atoms with E-state index in [-0.39, 0.29) is 19.0 Å². The van der Waals surface area contributed by atoms with E-state index < -0.39 is 0 Å². The normalized spacial score (nSPS) is 8.74. The molecular formula is C16H22O3. The second-order valence-electron chi connectivity index (χ2n) is 3.39. The van der Waals surface area contributed by atoms with Crippen molar-refractivity contribution in [2.45, 2.75) is 20.3 Å². The molecular weight excluding hydrogens is 240 g/mol. The minimum atomic E-state index is -0.260. The standard InChI is InChI=1S/C14H16O3.C2H6/c1-3-9-16-13-7-5-12(6-8-13)11-14(15)17-10-4-2;1-2/h3-8H,1-2,9-11H2;1-2H3. The van der Waals surface area contributed by atoms with Crippen LogP contribution in [0, 0.1) is 0 Å². The third-order valence-electron chi connectivity index (χ3n) is 2.00. The summed E-state index contributed by atoms with van der Waals surface area (Å²) in [5, 5.41) is 0. The smallest absolute Gasteiger partial charge is 0.310 e. The summed E-state index contributed by atoms with van der Waals surface area (Å²) in [6, 6.07) is 7.32. The molecule has 3 nitrogen and oxygen atoms in total. The molecule has 1 aromatic rings. The average molecular weight is 262 g/mol. The van der Waals surface area contributed by atoms with E-state index in [9.17, 15) is 4.79 Å². The highest BCUT2D eigenvalue weighted by Crippen LogP contribution is 2.12. The number of ether oxygens (including phenoxy) is 2. The van der Waals surface area contributed by atoms with Crippen molar-refractivity contribution >= 4 is 5.97 Å². The molecule has 104 valence electrons. The Morgan fingerprint density at radius 2 is 1.68 bits per heavy atom. The maximum atomic E-state index is 11.3. The lowest BCUT2D eigenvalue weighted by molar-refractivity contribution is -0.141. The molecule has 19 heavy (non-hydrogen) atoms. The lowest BCUT2D eigenvalue weighted by atomic mass is 10.1. The molecule has 0 aromatic heterocycles. The molecule has 1 aromatic carbocycles. The molecule has 0 bridgehead atoms. The van der Waals surface area contributed by atoms with Crippen molar-refractivity contribution in [3.05, 3.63) is 55.1 Å². The number of rotatable bonds is 7. The minimum Gasteiger partial charge on any atom is -0.490 e. The number of carbonyl (C=O) groups is 1. The number of hydrogen-bond donors (Lipinski definition) is 0. The number of esters is 1. The van der Waals surface area contributed by atoms with Crippen molar-refractivity contribution in [1.82, 2.24) is 0 Å². The van der Waals surface area contributed by atoms with Crippen molar-refractivity contribution < 1.29 is 14.3 Å². The Morgan fingerprint density at radius 1 is 1.11 bits per heavy atom. The lowest BCUT2D eigenvalue weighted by Crippen LogP contribution is -2.07. The summed E-state index contributed by atoms with van der Waals surface area (Å²) >= 11 is 0. The number of benzene rings is 1. The Labute approximate surface area is 115 Å². The van der Waals surface area contributed by atoms with Gasteiger partial charge in [0.05, 0.1) is 6.42 Å². The van der Waals surface area contributed by atoms with E-state index in [2.05, 4.69) is 13.2 Å². The van der Waals surface area contributed by atoms with Crippen LogP contribution in [-0.2, 0) is 16.0 Å². The summed E-state index contributed by atoms with van der Waals surface area (Å²) in [4.78, 5) is 11.3. The molecule has 3 heteroatoms. The molecule has 0 saturated carbocycles. The van der Waals surface area contributed by atoms with Gasteiger partial charge < -0.3 is 9.47 Å². The van der Waals surface area contributed by atoms with E-state index in [4.69, 9.17) is 9.47 Å². The van der Waals surface area contributed by atoms with E-state index in [1.54, 1.807) is 12.2 Å². The maximum absolute atomic E-state index is 11.3. The maximum Gasteiger partial charge on any atom is 0.310 e. The van der Waals surface area contributed by atoms with Crippen LogP contribution in [-0.4, -0.2) is 19.2 Å². The first-order valence-corrected chi connectivity index (χ1v) is 6.35. The second kappa shape index (κ2) is 11.1. The van der Waals surface area contributed by atoms with Crippen molar-refractivity contribution in [3.63, 3.8) is 0 Å². The molecule has 0 fully saturated rings. The monoisotopic (exact) mass is 262 g/mol. The molecule has 0 N–H and O–H groups in total. The van der Waals surface area contributed by atoms with Crippen LogP contribution in [0.25, 0.3) is 0 Å². The fourth-order valence-electron chi connectivity index (χ4n) is 1.23. The van der Waals surface area contributed by atoms with Gasteiger partial charge in [0.2, 0.25) is 0 Å². The van der Waals surface area contributed by atoms with Crippen LogP contribution in [0.4, 0.5) is 0 Å². The molecule has 0 aliphatic carbocycles. The predicted molar refractivity (Wildman–Crippen MR) is 78.3 cm³/mol. The van der Waals surface area contributed by atoms with Gasteiger partial charge in [0.1, 0.15) is 19.0 Å². The van der Waals surface area contributed by atoms with Crippen LogP contribution < -0.4 is 4.74 Å². The molecule has 0 aliphatic heterocycles. The summed E-state index contributed by atoms with van der Waals surface area (Å²) < 4.78 is 10.2. The lowest BCUT2D eigenvalue weighted by Gasteiger charge is -2.05. The third-order valence-corrected chi connectivity index (χ3v) is 2.00. The Balaban J connectivity index is 0.00000154. The molecule has 0 amide bonds. The van der Waals surface area contributed by atoms with Crippen molar-refractivity contribution in [3.8, 4) is 5.75 Å². The van der Waals surface area contributed by atoms with E-state index in [0.717, 1.165) is 11.3 Å². The van der Waals surface area contributed by atoms with Gasteiger partial charge in [-0.3, -0.25) is 4.79 Å². The first-order valence-electron chi connectivity index (χ1n) is 6.35. The molecule has 0 atom stereocenters. The van der Waals surface area contributed by atoms with E-state index >= 15 is 0 Å². The second-order valence-corrected chi connectivity index (χ2v) is 3.39. The Kier molecular flexibility index (Phi) is 9.90. The summed E-state index contributed by atoms with van der Waals surface area (Å²) in [6.45, 7) is 11.8. The minimum absolute atomic E-state index is 0.249. The summed E-state index contributed by atoms with van der Waals surface area (Å²) in [5.74, 6) is 0.498. The van der Waals surface area contributed by atoms with E-state index in [1.807, 2.05) is 38.1 Å². The topological polar surface area (TPSA) is 35.5 Å². The molecule has 0 heterocycles. The van der Waals surface area contributed by atoms with Crippen molar-refractivity contribution in [2.24, 2.45) is 0 Å². The SMILES string of the molecule is C=CCOC(=O)Cc1ccc(OCC=C)cc1.CC. The largest absolute Gasteiger partial charge is 0.490 e. The van der Waals surface area contributed by atoms with Gasteiger partial charge in [0, 0.05) is 0 Å². The number of hydrogen-bond acceptors (Lipinski definition) is 3. The fraction of sp³-hybridized carbons (Fsp3) is 0.312. The summed E-state index contributed by atoms with van der Waals surface area (Å²) in [5.41, 5.74) is 0.894. The van der Waals surface area contributed by atoms with Crippen LogP contribution in [0.5, 0.6) is 5.75 Å². The van der Waals surface area contributed by atoms with Crippen LogP contribution in [0.3, 0.4) is 0 Å². The highest BCUT2D eigenvalue weighted by molar-refractivity contribution is 5.72. The van der Waals surface area contributed by atoms with Gasteiger partial charge in [-0.15, -0.1) is 0 Å². The zero-order valence-corrected chi connectivity index (χ0v) is 11.7. The first kappa shape index (κ1) is 17.0. The molecule has 0 unspecified atom stereocenters. The van der Waals surface area contributed by atoms with Gasteiger partial charge in [0.15, 0.2) is 0 Å².